The lowest BCUT2D eigenvalue weighted by Crippen LogP contribution is -2.50. The number of nitrogens with zero attached hydrogens (tertiary/aromatic N) is 2. The number of alkyl halides is 2. The third-order valence-electron chi connectivity index (χ3n) is 6.11. The number of rotatable bonds is 4. The molecule has 1 atom stereocenters. The molecule has 1 aliphatic heterocycles. The van der Waals surface area contributed by atoms with Gasteiger partial charge in [0.15, 0.2) is 0 Å². The van der Waals surface area contributed by atoms with E-state index >= 15 is 0 Å². The Morgan fingerprint density at radius 1 is 1.09 bits per heavy atom. The summed E-state index contributed by atoms with van der Waals surface area (Å²) in [7, 11) is 2.06. The first-order chi connectivity index (χ1) is 16.8. The van der Waals surface area contributed by atoms with Gasteiger partial charge in [-0.2, -0.15) is 0 Å². The summed E-state index contributed by atoms with van der Waals surface area (Å²) in [6, 6.07) is 16.1. The molecular weight excluding hydrogens is 450 g/mol. The Hall–Kier alpha value is -3.96. The molecule has 35 heavy (non-hydrogen) atoms. The normalized spacial score (nSPS) is 16.0. The quantitative estimate of drug-likeness (QED) is 0.557. The molecule has 1 fully saturated rings. The lowest BCUT2D eigenvalue weighted by molar-refractivity contribution is 0.101. The van der Waals surface area contributed by atoms with E-state index in [1.54, 1.807) is 6.07 Å². The van der Waals surface area contributed by atoms with E-state index in [4.69, 9.17) is 0 Å². The van der Waals surface area contributed by atoms with Gasteiger partial charge in [0.2, 0.25) is 5.56 Å². The number of likely N-dealkylation sites (N-methyl/N-ethyl adjacent to an activating group) is 1. The van der Waals surface area contributed by atoms with Crippen LogP contribution < -0.4 is 15.8 Å². The number of aromatic nitrogens is 1. The molecule has 1 amide bonds. The minimum Gasteiger partial charge on any atom is -0.367 e. The molecule has 6 nitrogen and oxygen atoms in total. The van der Waals surface area contributed by atoms with Crippen LogP contribution in [0.5, 0.6) is 0 Å². The minimum atomic E-state index is -2.96. The average molecular weight is 477 g/mol. The summed E-state index contributed by atoms with van der Waals surface area (Å²) in [5, 5.41) is 2.79. The number of hydrogen-bond acceptors (Lipinski definition) is 4. The summed E-state index contributed by atoms with van der Waals surface area (Å²) in [6.45, 7) is 4.47. The van der Waals surface area contributed by atoms with Crippen molar-refractivity contribution in [2.75, 3.05) is 36.9 Å². The Morgan fingerprint density at radius 2 is 1.83 bits per heavy atom. The lowest BCUT2D eigenvalue weighted by atomic mass is 10.1. The van der Waals surface area contributed by atoms with E-state index in [0.29, 0.717) is 17.3 Å². The Morgan fingerprint density at radius 3 is 2.54 bits per heavy atom. The highest BCUT2D eigenvalue weighted by Gasteiger charge is 2.25. The molecule has 0 saturated carbocycles. The highest BCUT2D eigenvalue weighted by Crippen LogP contribution is 2.30. The largest absolute Gasteiger partial charge is 0.367 e. The van der Waals surface area contributed by atoms with Crippen LogP contribution in [0.4, 0.5) is 20.2 Å². The third kappa shape index (κ3) is 5.76. The van der Waals surface area contributed by atoms with Gasteiger partial charge in [0.25, 0.3) is 12.3 Å². The van der Waals surface area contributed by atoms with Gasteiger partial charge in [-0.3, -0.25) is 9.59 Å². The molecule has 2 heterocycles. The first-order valence-corrected chi connectivity index (χ1v) is 11.3. The SMILES string of the molecule is C[C@H]1CN(c2ccc(C#Cc3ccccc3)cc2NC(=O)c2c[nH]c(=O)cc2C(F)F)CCN1C. The number of amides is 1. The first-order valence-electron chi connectivity index (χ1n) is 11.3. The van der Waals surface area contributed by atoms with Gasteiger partial charge in [-0.25, -0.2) is 8.78 Å². The van der Waals surface area contributed by atoms with Gasteiger partial charge in [0, 0.05) is 54.6 Å². The number of piperazine rings is 1. The second kappa shape index (κ2) is 10.5. The molecule has 1 aromatic heterocycles. The van der Waals surface area contributed by atoms with Gasteiger partial charge in [-0.1, -0.05) is 30.0 Å². The van der Waals surface area contributed by atoms with E-state index in [1.165, 1.54) is 0 Å². The van der Waals surface area contributed by atoms with E-state index in [1.807, 2.05) is 42.5 Å². The van der Waals surface area contributed by atoms with Crippen LogP contribution in [0, 0.1) is 11.8 Å². The molecule has 2 aromatic carbocycles. The van der Waals surface area contributed by atoms with Gasteiger partial charge in [0.05, 0.1) is 16.9 Å². The van der Waals surface area contributed by atoms with Crippen molar-refractivity contribution in [3.63, 3.8) is 0 Å². The van der Waals surface area contributed by atoms with Crippen LogP contribution in [0.1, 0.15) is 40.4 Å². The highest BCUT2D eigenvalue weighted by molar-refractivity contribution is 6.07. The molecule has 8 heteroatoms. The number of halogens is 2. The van der Waals surface area contributed by atoms with E-state index in [-0.39, 0.29) is 5.56 Å². The molecule has 0 bridgehead atoms. The van der Waals surface area contributed by atoms with Crippen molar-refractivity contribution in [3.05, 3.63) is 93.4 Å². The summed E-state index contributed by atoms with van der Waals surface area (Å²) in [5.74, 6) is 5.47. The Kier molecular flexibility index (Phi) is 7.28. The van der Waals surface area contributed by atoms with Crippen LogP contribution in [0.25, 0.3) is 0 Å². The summed E-state index contributed by atoms with van der Waals surface area (Å²) in [5.41, 5.74) is 1.20. The molecular formula is C27H26F2N4O2. The molecule has 0 unspecified atom stereocenters. The summed E-state index contributed by atoms with van der Waals surface area (Å²) >= 11 is 0. The standard InChI is InChI=1S/C27H26F2N4O2/c1-18-17-33(13-12-32(18)2)24-11-10-20(9-8-19-6-4-3-5-7-19)14-23(24)31-27(35)22-16-30-25(34)15-21(22)26(28)29/h3-7,10-11,14-16,18,26H,12-13,17H2,1-2H3,(H,30,34)(H,31,35)/t18-/m0/s1. The van der Waals surface area contributed by atoms with Crippen molar-refractivity contribution in [2.24, 2.45) is 0 Å². The Bertz CT molecular complexity index is 1330. The number of nitrogens with one attached hydrogen (secondary N) is 2. The highest BCUT2D eigenvalue weighted by atomic mass is 19.3. The monoisotopic (exact) mass is 476 g/mol. The Labute approximate surface area is 202 Å². The molecule has 1 aliphatic rings. The van der Waals surface area contributed by atoms with Gasteiger partial charge in [0.1, 0.15) is 0 Å². The van der Waals surface area contributed by atoms with Crippen molar-refractivity contribution in [2.45, 2.75) is 19.4 Å². The summed E-state index contributed by atoms with van der Waals surface area (Å²) in [4.78, 5) is 31.3. The zero-order valence-electron chi connectivity index (χ0n) is 19.5. The average Bonchev–Trinajstić information content (AvgIpc) is 2.85. The van der Waals surface area contributed by atoms with Crippen LogP contribution in [-0.4, -0.2) is 48.5 Å². The van der Waals surface area contributed by atoms with Crippen molar-refractivity contribution < 1.29 is 13.6 Å². The van der Waals surface area contributed by atoms with Crippen molar-refractivity contribution in [1.29, 1.82) is 0 Å². The van der Waals surface area contributed by atoms with Gasteiger partial charge in [-0.05, 0) is 44.3 Å². The maximum atomic E-state index is 13.5. The number of H-pyrrole nitrogens is 1. The van der Waals surface area contributed by atoms with Crippen molar-refractivity contribution in [1.82, 2.24) is 9.88 Å². The number of anilines is 2. The van der Waals surface area contributed by atoms with Crippen LogP contribution in [0.3, 0.4) is 0 Å². The number of carbonyl (C=O) groups excluding carboxylic acids is 1. The number of hydrogen-bond donors (Lipinski definition) is 2. The topological polar surface area (TPSA) is 68.4 Å². The molecule has 0 aliphatic carbocycles. The van der Waals surface area contributed by atoms with Crippen molar-refractivity contribution in [3.8, 4) is 11.8 Å². The van der Waals surface area contributed by atoms with Crippen LogP contribution >= 0.6 is 0 Å². The molecule has 2 N–H and O–H groups in total. The summed E-state index contributed by atoms with van der Waals surface area (Å²) < 4.78 is 27.0. The Balaban J connectivity index is 1.70. The summed E-state index contributed by atoms with van der Waals surface area (Å²) in [6.07, 6.45) is -1.94. The van der Waals surface area contributed by atoms with E-state index < -0.39 is 23.5 Å². The van der Waals surface area contributed by atoms with Crippen LogP contribution in [0.2, 0.25) is 0 Å². The first kappa shape index (κ1) is 24.2. The van der Waals surface area contributed by atoms with E-state index in [9.17, 15) is 18.4 Å². The molecule has 3 aromatic rings. The molecule has 4 rings (SSSR count). The maximum Gasteiger partial charge on any atom is 0.264 e. The fraction of sp³-hybridized carbons (Fsp3) is 0.259. The molecule has 180 valence electrons. The predicted octanol–water partition coefficient (Wildman–Crippen LogP) is 4.10. The fourth-order valence-corrected chi connectivity index (χ4v) is 3.98. The fourth-order valence-electron chi connectivity index (χ4n) is 3.98. The van der Waals surface area contributed by atoms with Crippen LogP contribution in [0.15, 0.2) is 65.6 Å². The van der Waals surface area contributed by atoms with Crippen molar-refractivity contribution >= 4 is 17.3 Å². The number of benzene rings is 2. The van der Waals surface area contributed by atoms with Crippen LogP contribution in [-0.2, 0) is 0 Å². The molecule has 1 saturated heterocycles. The van der Waals surface area contributed by atoms with E-state index in [0.717, 1.165) is 43.1 Å². The minimum absolute atomic E-state index is 0.280. The molecule has 0 radical (unpaired) electrons. The van der Waals surface area contributed by atoms with E-state index in [2.05, 4.69) is 45.9 Å². The number of pyridine rings is 1. The molecule has 0 spiro atoms. The smallest absolute Gasteiger partial charge is 0.264 e. The second-order valence-electron chi connectivity index (χ2n) is 8.54. The number of carbonyl (C=O) groups is 1. The lowest BCUT2D eigenvalue weighted by Gasteiger charge is -2.39. The maximum absolute atomic E-state index is 13.5. The van der Waals surface area contributed by atoms with Gasteiger partial charge in [-0.15, -0.1) is 0 Å². The predicted molar refractivity (Wildman–Crippen MR) is 133 cm³/mol. The third-order valence-corrected chi connectivity index (χ3v) is 6.11. The zero-order chi connectivity index (χ0) is 24.9. The zero-order valence-corrected chi connectivity index (χ0v) is 19.5. The second-order valence-corrected chi connectivity index (χ2v) is 8.54. The van der Waals surface area contributed by atoms with Gasteiger partial charge < -0.3 is 20.1 Å². The number of aromatic amines is 1. The van der Waals surface area contributed by atoms with Gasteiger partial charge >= 0.3 is 0 Å².